The van der Waals surface area contributed by atoms with Crippen molar-refractivity contribution in [3.05, 3.63) is 95.5 Å². The van der Waals surface area contributed by atoms with Gasteiger partial charge < -0.3 is 14.9 Å². The fourth-order valence-electron chi connectivity index (χ4n) is 4.88. The van der Waals surface area contributed by atoms with E-state index in [0.717, 1.165) is 23.3 Å². The number of hydrogen-bond acceptors (Lipinski definition) is 3. The Balaban J connectivity index is 1.31. The van der Waals surface area contributed by atoms with Crippen LogP contribution in [0.25, 0.3) is 21.9 Å². The van der Waals surface area contributed by atoms with E-state index in [0.29, 0.717) is 36.2 Å². The molecule has 7 heteroatoms. The van der Waals surface area contributed by atoms with E-state index in [1.54, 1.807) is 12.3 Å². The summed E-state index contributed by atoms with van der Waals surface area (Å²) in [4.78, 5) is 31.1. The largest absolute Gasteiger partial charge is 0.356 e. The molecule has 1 amide bonds. The summed E-state index contributed by atoms with van der Waals surface area (Å²) in [6.07, 6.45) is 3.32. The molecule has 33 heavy (non-hydrogen) atoms. The highest BCUT2D eigenvalue weighted by Gasteiger charge is 2.35. The maximum atomic E-state index is 13.5. The van der Waals surface area contributed by atoms with E-state index >= 15 is 0 Å². The van der Waals surface area contributed by atoms with E-state index in [9.17, 15) is 9.18 Å². The Hall–Kier alpha value is -4.00. The van der Waals surface area contributed by atoms with E-state index in [1.807, 2.05) is 35.2 Å². The molecule has 164 valence electrons. The second kappa shape index (κ2) is 7.85. The van der Waals surface area contributed by atoms with Gasteiger partial charge in [-0.15, -0.1) is 0 Å². The lowest BCUT2D eigenvalue weighted by Crippen LogP contribution is -2.41. The first-order chi connectivity index (χ1) is 16.2. The van der Waals surface area contributed by atoms with E-state index in [1.165, 1.54) is 23.1 Å². The number of halogens is 1. The molecule has 0 bridgehead atoms. The number of H-pyrrole nitrogens is 2. The lowest BCUT2D eigenvalue weighted by atomic mass is 9.94. The molecule has 5 aromatic rings. The predicted molar refractivity (Wildman–Crippen MR) is 124 cm³/mol. The molecule has 0 saturated heterocycles. The number of aromatic nitrogens is 4. The number of pyridine rings is 1. The van der Waals surface area contributed by atoms with Crippen molar-refractivity contribution in [2.45, 2.75) is 25.3 Å². The van der Waals surface area contributed by atoms with Crippen LogP contribution in [0.5, 0.6) is 0 Å². The van der Waals surface area contributed by atoms with Gasteiger partial charge in [-0.25, -0.2) is 9.37 Å². The van der Waals surface area contributed by atoms with Crippen molar-refractivity contribution >= 4 is 27.8 Å². The molecule has 4 heterocycles. The summed E-state index contributed by atoms with van der Waals surface area (Å²) in [5.41, 5.74) is 5.55. The molecule has 6 rings (SSSR count). The first-order valence-electron chi connectivity index (χ1n) is 11.1. The molecule has 1 unspecified atom stereocenters. The molecule has 0 fully saturated rings. The van der Waals surface area contributed by atoms with Gasteiger partial charge in [-0.1, -0.05) is 24.3 Å². The molecule has 2 aromatic carbocycles. The number of nitrogens with zero attached hydrogens (tertiary/aromatic N) is 3. The monoisotopic (exact) mass is 439 g/mol. The first-order valence-corrected chi connectivity index (χ1v) is 11.1. The number of imidazole rings is 1. The van der Waals surface area contributed by atoms with Crippen LogP contribution in [0, 0.1) is 5.82 Å². The Labute approximate surface area is 189 Å². The summed E-state index contributed by atoms with van der Waals surface area (Å²) < 4.78 is 13.5. The first kappa shape index (κ1) is 19.7. The smallest absolute Gasteiger partial charge is 0.223 e. The number of carbonyl (C=O) groups excluding carboxylic acids is 1. The number of aromatic amines is 2. The van der Waals surface area contributed by atoms with Crippen LogP contribution in [0.1, 0.15) is 35.2 Å². The Morgan fingerprint density at radius 2 is 1.94 bits per heavy atom. The average Bonchev–Trinajstić information content (AvgIpc) is 3.43. The van der Waals surface area contributed by atoms with Crippen LogP contribution in [-0.4, -0.2) is 37.3 Å². The molecule has 0 aliphatic carbocycles. The van der Waals surface area contributed by atoms with Crippen molar-refractivity contribution in [2.75, 3.05) is 6.54 Å². The number of para-hydroxylation sites is 1. The summed E-state index contributed by atoms with van der Waals surface area (Å²) in [7, 11) is 0. The number of aryl methyl sites for hydroxylation is 1. The summed E-state index contributed by atoms with van der Waals surface area (Å²) in [6, 6.07) is 18.3. The zero-order chi connectivity index (χ0) is 22.4. The Morgan fingerprint density at radius 3 is 2.82 bits per heavy atom. The van der Waals surface area contributed by atoms with Gasteiger partial charge in [0.05, 0.1) is 16.7 Å². The topological polar surface area (TPSA) is 77.7 Å². The summed E-state index contributed by atoms with van der Waals surface area (Å²) in [5, 5.41) is 1.20. The maximum absolute atomic E-state index is 13.5. The second-order valence-electron chi connectivity index (χ2n) is 8.40. The van der Waals surface area contributed by atoms with E-state index < -0.39 is 0 Å². The van der Waals surface area contributed by atoms with Crippen LogP contribution in [0.3, 0.4) is 0 Å². The molecule has 0 spiro atoms. The van der Waals surface area contributed by atoms with Crippen molar-refractivity contribution in [2.24, 2.45) is 0 Å². The van der Waals surface area contributed by atoms with E-state index in [-0.39, 0.29) is 17.8 Å². The van der Waals surface area contributed by atoms with Gasteiger partial charge in [-0.3, -0.25) is 9.78 Å². The third-order valence-electron chi connectivity index (χ3n) is 6.39. The van der Waals surface area contributed by atoms with Crippen LogP contribution >= 0.6 is 0 Å². The minimum atomic E-state index is -0.311. The third-order valence-corrected chi connectivity index (χ3v) is 6.39. The van der Waals surface area contributed by atoms with Gasteiger partial charge in [0.15, 0.2) is 0 Å². The van der Waals surface area contributed by atoms with Crippen LogP contribution < -0.4 is 0 Å². The normalized spacial score (nSPS) is 15.8. The van der Waals surface area contributed by atoms with Gasteiger partial charge >= 0.3 is 0 Å². The minimum absolute atomic E-state index is 0.0431. The van der Waals surface area contributed by atoms with Crippen molar-refractivity contribution < 1.29 is 9.18 Å². The lowest BCUT2D eigenvalue weighted by molar-refractivity contribution is -0.133. The highest BCUT2D eigenvalue weighted by atomic mass is 19.1. The van der Waals surface area contributed by atoms with Gasteiger partial charge in [0.2, 0.25) is 5.91 Å². The average molecular weight is 439 g/mol. The molecule has 0 radical (unpaired) electrons. The quantitative estimate of drug-likeness (QED) is 0.427. The molecule has 3 aromatic heterocycles. The number of hydrogen-bond donors (Lipinski definition) is 2. The maximum Gasteiger partial charge on any atom is 0.223 e. The molecule has 1 aliphatic heterocycles. The van der Waals surface area contributed by atoms with Crippen LogP contribution in [0.2, 0.25) is 0 Å². The van der Waals surface area contributed by atoms with Gasteiger partial charge in [0.25, 0.3) is 0 Å². The lowest BCUT2D eigenvalue weighted by Gasteiger charge is -2.35. The standard InChI is InChI=1S/C26H22FN5O/c27-16-8-9-20-22(15-16)30-23(29-20)10-11-24(33)32-14-12-18-17-5-1-2-6-19(17)31-25(18)26(32)21-7-3-4-13-28-21/h1-9,13,15,26,31H,10-12,14H2,(H,29,30). The number of nitrogens with one attached hydrogen (secondary N) is 2. The summed E-state index contributed by atoms with van der Waals surface area (Å²) >= 11 is 0. The van der Waals surface area contributed by atoms with E-state index in [4.69, 9.17) is 0 Å². The minimum Gasteiger partial charge on any atom is -0.356 e. The highest BCUT2D eigenvalue weighted by Crippen LogP contribution is 2.38. The third kappa shape index (κ3) is 3.46. The van der Waals surface area contributed by atoms with Crippen molar-refractivity contribution in [3.8, 4) is 0 Å². The predicted octanol–water partition coefficient (Wildman–Crippen LogP) is 4.69. The highest BCUT2D eigenvalue weighted by molar-refractivity contribution is 5.86. The zero-order valence-electron chi connectivity index (χ0n) is 17.9. The summed E-state index contributed by atoms with van der Waals surface area (Å²) in [5.74, 6) is 0.415. The molecular weight excluding hydrogens is 417 g/mol. The van der Waals surface area contributed by atoms with Crippen molar-refractivity contribution in [1.82, 2.24) is 24.8 Å². The summed E-state index contributed by atoms with van der Waals surface area (Å²) in [6.45, 7) is 0.625. The van der Waals surface area contributed by atoms with Crippen LogP contribution in [-0.2, 0) is 17.6 Å². The molecule has 1 aliphatic rings. The second-order valence-corrected chi connectivity index (χ2v) is 8.40. The Bertz CT molecular complexity index is 1470. The van der Waals surface area contributed by atoms with Gasteiger partial charge in [-0.05, 0) is 48.4 Å². The van der Waals surface area contributed by atoms with Gasteiger partial charge in [0.1, 0.15) is 17.7 Å². The fraction of sp³-hybridized carbons (Fsp3) is 0.192. The number of benzene rings is 2. The molecule has 6 nitrogen and oxygen atoms in total. The Morgan fingerprint density at radius 1 is 1.06 bits per heavy atom. The molecule has 1 atom stereocenters. The number of carbonyl (C=O) groups is 1. The van der Waals surface area contributed by atoms with E-state index in [2.05, 4.69) is 32.1 Å². The molecular formula is C26H22FN5O. The van der Waals surface area contributed by atoms with Crippen molar-refractivity contribution in [1.29, 1.82) is 0 Å². The van der Waals surface area contributed by atoms with Crippen LogP contribution in [0.4, 0.5) is 4.39 Å². The fourth-order valence-corrected chi connectivity index (χ4v) is 4.88. The zero-order valence-corrected chi connectivity index (χ0v) is 17.9. The van der Waals surface area contributed by atoms with Crippen LogP contribution in [0.15, 0.2) is 66.9 Å². The molecule has 0 saturated carbocycles. The SMILES string of the molecule is O=C(CCc1nc2ccc(F)cc2[nH]1)N1CCc2c([nH]c3ccccc23)C1c1ccccn1. The van der Waals surface area contributed by atoms with Gasteiger partial charge in [0, 0.05) is 42.2 Å². The number of amides is 1. The van der Waals surface area contributed by atoms with Gasteiger partial charge in [-0.2, -0.15) is 0 Å². The number of rotatable bonds is 4. The Kier molecular flexibility index (Phi) is 4.68. The van der Waals surface area contributed by atoms with Crippen molar-refractivity contribution in [3.63, 3.8) is 0 Å². The molecule has 2 N–H and O–H groups in total. The number of fused-ring (bicyclic) bond motifs is 4.